The molecule has 0 fully saturated rings. The van der Waals surface area contributed by atoms with E-state index in [-0.39, 0.29) is 0 Å². The molecule has 1 aliphatic heterocycles. The van der Waals surface area contributed by atoms with Crippen LogP contribution in [-0.2, 0) is 6.42 Å². The second kappa shape index (κ2) is 4.36. The quantitative estimate of drug-likeness (QED) is 0.891. The van der Waals surface area contributed by atoms with Crippen molar-refractivity contribution in [1.82, 2.24) is 14.8 Å². The Bertz CT molecular complexity index is 565. The second-order valence-corrected chi connectivity index (χ2v) is 4.21. The Morgan fingerprint density at radius 1 is 1.33 bits per heavy atom. The zero-order valence-corrected chi connectivity index (χ0v) is 9.61. The van der Waals surface area contributed by atoms with Crippen LogP contribution in [0.25, 0.3) is 11.3 Å². The maximum atomic E-state index is 12.4. The fraction of sp³-hybridized carbons (Fsp3) is 0.333. The monoisotopic (exact) mass is 250 g/mol. The van der Waals surface area contributed by atoms with E-state index in [1.54, 1.807) is 0 Å². The molecule has 0 bridgehead atoms. The molecule has 0 aliphatic carbocycles. The van der Waals surface area contributed by atoms with Gasteiger partial charge in [-0.05, 0) is 25.0 Å². The molecule has 0 atom stereocenters. The third kappa shape index (κ3) is 1.94. The fourth-order valence-electron chi connectivity index (χ4n) is 2.07. The topological polar surface area (TPSA) is 42.7 Å². The van der Waals surface area contributed by atoms with Gasteiger partial charge in [0.05, 0.1) is 23.3 Å². The largest absolute Gasteiger partial charge is 0.384 e. The SMILES string of the molecule is FC(F)n1cc(-c2ccc3c(n2)CCCN3)cn1. The van der Waals surface area contributed by atoms with Crippen LogP contribution in [-0.4, -0.2) is 21.3 Å². The molecule has 3 rings (SSSR count). The van der Waals surface area contributed by atoms with Crippen molar-refractivity contribution in [3.8, 4) is 11.3 Å². The Labute approximate surface area is 103 Å². The molecule has 2 aromatic rings. The summed E-state index contributed by atoms with van der Waals surface area (Å²) in [6.45, 7) is -1.66. The van der Waals surface area contributed by atoms with Crippen molar-refractivity contribution in [3.05, 3.63) is 30.2 Å². The van der Waals surface area contributed by atoms with E-state index in [0.717, 1.165) is 30.8 Å². The Morgan fingerprint density at radius 3 is 3.00 bits per heavy atom. The number of hydrogen-bond acceptors (Lipinski definition) is 3. The van der Waals surface area contributed by atoms with Crippen molar-refractivity contribution >= 4 is 5.69 Å². The third-order valence-electron chi connectivity index (χ3n) is 2.98. The van der Waals surface area contributed by atoms with Gasteiger partial charge in [-0.3, -0.25) is 4.98 Å². The van der Waals surface area contributed by atoms with Gasteiger partial charge in [0.2, 0.25) is 0 Å². The maximum Gasteiger partial charge on any atom is 0.333 e. The number of fused-ring (bicyclic) bond motifs is 1. The number of halogens is 2. The van der Waals surface area contributed by atoms with Crippen molar-refractivity contribution in [2.45, 2.75) is 19.4 Å². The van der Waals surface area contributed by atoms with Crippen LogP contribution in [0.5, 0.6) is 0 Å². The molecule has 0 spiro atoms. The zero-order chi connectivity index (χ0) is 12.5. The standard InChI is InChI=1S/C12H12F2N4/c13-12(14)18-7-8(6-16-18)9-3-4-10-11(17-9)2-1-5-15-10/h3-4,6-7,12,15H,1-2,5H2. The van der Waals surface area contributed by atoms with E-state index in [0.29, 0.717) is 15.9 Å². The molecule has 4 nitrogen and oxygen atoms in total. The van der Waals surface area contributed by atoms with Gasteiger partial charge in [-0.2, -0.15) is 13.9 Å². The number of pyridine rings is 1. The van der Waals surface area contributed by atoms with E-state index in [9.17, 15) is 8.78 Å². The second-order valence-electron chi connectivity index (χ2n) is 4.21. The molecule has 0 radical (unpaired) electrons. The first-order valence-electron chi connectivity index (χ1n) is 5.80. The average Bonchev–Trinajstić information content (AvgIpc) is 2.88. The zero-order valence-electron chi connectivity index (χ0n) is 9.61. The molecular weight excluding hydrogens is 238 g/mol. The highest BCUT2D eigenvalue weighted by Gasteiger charge is 2.13. The van der Waals surface area contributed by atoms with Gasteiger partial charge in [0, 0.05) is 18.3 Å². The van der Waals surface area contributed by atoms with E-state index in [2.05, 4.69) is 15.4 Å². The van der Waals surface area contributed by atoms with Gasteiger partial charge in [-0.15, -0.1) is 0 Å². The molecule has 3 heterocycles. The summed E-state index contributed by atoms with van der Waals surface area (Å²) < 4.78 is 25.5. The lowest BCUT2D eigenvalue weighted by Crippen LogP contribution is -2.13. The summed E-state index contributed by atoms with van der Waals surface area (Å²) in [7, 11) is 0. The average molecular weight is 250 g/mol. The molecular formula is C12H12F2N4. The summed E-state index contributed by atoms with van der Waals surface area (Å²) in [5.74, 6) is 0. The predicted octanol–water partition coefficient (Wildman–Crippen LogP) is 2.70. The van der Waals surface area contributed by atoms with Crippen molar-refractivity contribution < 1.29 is 8.78 Å². The maximum absolute atomic E-state index is 12.4. The number of anilines is 1. The van der Waals surface area contributed by atoms with Crippen LogP contribution in [0.1, 0.15) is 18.7 Å². The first-order chi connectivity index (χ1) is 8.74. The van der Waals surface area contributed by atoms with Crippen molar-refractivity contribution in [3.63, 3.8) is 0 Å². The minimum atomic E-state index is -2.61. The minimum absolute atomic E-state index is 0.615. The number of hydrogen-bond donors (Lipinski definition) is 1. The fourth-order valence-corrected chi connectivity index (χ4v) is 2.07. The highest BCUT2D eigenvalue weighted by molar-refractivity contribution is 5.62. The molecule has 0 aromatic carbocycles. The van der Waals surface area contributed by atoms with Gasteiger partial charge in [0.25, 0.3) is 0 Å². The van der Waals surface area contributed by atoms with Crippen LogP contribution in [0, 0.1) is 0 Å². The Kier molecular flexibility index (Phi) is 2.70. The Hall–Kier alpha value is -1.98. The van der Waals surface area contributed by atoms with Crippen LogP contribution in [0.2, 0.25) is 0 Å². The minimum Gasteiger partial charge on any atom is -0.384 e. The summed E-state index contributed by atoms with van der Waals surface area (Å²) >= 11 is 0. The number of aromatic nitrogens is 3. The van der Waals surface area contributed by atoms with Crippen LogP contribution >= 0.6 is 0 Å². The molecule has 18 heavy (non-hydrogen) atoms. The number of alkyl halides is 2. The summed E-state index contributed by atoms with van der Waals surface area (Å²) in [6.07, 6.45) is 4.69. The predicted molar refractivity (Wildman–Crippen MR) is 63.5 cm³/mol. The van der Waals surface area contributed by atoms with Crippen molar-refractivity contribution in [1.29, 1.82) is 0 Å². The van der Waals surface area contributed by atoms with E-state index in [1.165, 1.54) is 12.4 Å². The number of nitrogens with one attached hydrogen (secondary N) is 1. The van der Waals surface area contributed by atoms with E-state index in [1.807, 2.05) is 12.1 Å². The highest BCUT2D eigenvalue weighted by Crippen LogP contribution is 2.25. The van der Waals surface area contributed by atoms with Crippen LogP contribution in [0.15, 0.2) is 24.5 Å². The van der Waals surface area contributed by atoms with E-state index < -0.39 is 6.55 Å². The molecule has 0 amide bonds. The van der Waals surface area contributed by atoms with Crippen LogP contribution in [0.4, 0.5) is 14.5 Å². The molecule has 1 aliphatic rings. The molecule has 1 N–H and O–H groups in total. The van der Waals surface area contributed by atoms with Gasteiger partial charge < -0.3 is 5.32 Å². The summed E-state index contributed by atoms with van der Waals surface area (Å²) in [5, 5.41) is 6.88. The Morgan fingerprint density at radius 2 is 2.22 bits per heavy atom. The van der Waals surface area contributed by atoms with Crippen LogP contribution in [0.3, 0.4) is 0 Å². The first-order valence-corrected chi connectivity index (χ1v) is 5.80. The van der Waals surface area contributed by atoms with Crippen LogP contribution < -0.4 is 5.32 Å². The van der Waals surface area contributed by atoms with Gasteiger partial charge in [-0.25, -0.2) is 4.68 Å². The van der Waals surface area contributed by atoms with E-state index in [4.69, 9.17) is 0 Å². The van der Waals surface area contributed by atoms with E-state index >= 15 is 0 Å². The number of rotatable bonds is 2. The normalized spacial score (nSPS) is 14.4. The third-order valence-corrected chi connectivity index (χ3v) is 2.98. The van der Waals surface area contributed by atoms with Gasteiger partial charge in [0.15, 0.2) is 0 Å². The van der Waals surface area contributed by atoms with Gasteiger partial charge in [-0.1, -0.05) is 0 Å². The lowest BCUT2D eigenvalue weighted by molar-refractivity contribution is 0.0566. The lowest BCUT2D eigenvalue weighted by atomic mass is 10.1. The highest BCUT2D eigenvalue weighted by atomic mass is 19.3. The molecule has 6 heteroatoms. The van der Waals surface area contributed by atoms with Gasteiger partial charge >= 0.3 is 6.55 Å². The lowest BCUT2D eigenvalue weighted by Gasteiger charge is -2.17. The van der Waals surface area contributed by atoms with Gasteiger partial charge in [0.1, 0.15) is 0 Å². The van der Waals surface area contributed by atoms with Crippen molar-refractivity contribution in [2.75, 3.05) is 11.9 Å². The number of aryl methyl sites for hydroxylation is 1. The summed E-state index contributed by atoms with van der Waals surface area (Å²) in [5.41, 5.74) is 3.32. The molecule has 0 unspecified atom stereocenters. The first kappa shape index (κ1) is 11.1. The Balaban J connectivity index is 1.95. The smallest absolute Gasteiger partial charge is 0.333 e. The van der Waals surface area contributed by atoms with Crippen molar-refractivity contribution in [2.24, 2.45) is 0 Å². The number of nitrogens with zero attached hydrogens (tertiary/aromatic N) is 3. The summed E-state index contributed by atoms with van der Waals surface area (Å²) in [4.78, 5) is 4.50. The molecule has 0 saturated carbocycles. The molecule has 0 saturated heterocycles. The molecule has 94 valence electrons. The molecule has 2 aromatic heterocycles. The summed E-state index contributed by atoms with van der Waals surface area (Å²) in [6, 6.07) is 3.76.